The van der Waals surface area contributed by atoms with Gasteiger partial charge in [0.25, 0.3) is 5.91 Å². The molecule has 8 heteroatoms. The van der Waals surface area contributed by atoms with E-state index in [0.29, 0.717) is 16.3 Å². The van der Waals surface area contributed by atoms with E-state index >= 15 is 0 Å². The maximum absolute atomic E-state index is 12.1. The van der Waals surface area contributed by atoms with Crippen LogP contribution in [0.4, 0.5) is 11.4 Å². The van der Waals surface area contributed by atoms with Crippen molar-refractivity contribution in [3.63, 3.8) is 0 Å². The number of hydrogen-bond acceptors (Lipinski definition) is 6. The van der Waals surface area contributed by atoms with Gasteiger partial charge in [-0.3, -0.25) is 19.2 Å². The summed E-state index contributed by atoms with van der Waals surface area (Å²) >= 11 is 1.38. The molecule has 0 fully saturated rings. The Labute approximate surface area is 167 Å². The zero-order valence-corrected chi connectivity index (χ0v) is 16.7. The molecular weight excluding hydrogens is 380 g/mol. The molecule has 1 atom stereocenters. The number of ketones is 1. The molecule has 28 heavy (non-hydrogen) atoms. The molecule has 0 aliphatic rings. The van der Waals surface area contributed by atoms with Crippen LogP contribution >= 0.6 is 11.3 Å². The van der Waals surface area contributed by atoms with Gasteiger partial charge in [-0.2, -0.15) is 0 Å². The number of aryl methyl sites for hydroxylation is 1. The Morgan fingerprint density at radius 3 is 2.11 bits per heavy atom. The first-order valence-corrected chi connectivity index (χ1v) is 9.54. The lowest BCUT2D eigenvalue weighted by atomic mass is 10.2. The lowest BCUT2D eigenvalue weighted by Gasteiger charge is -2.13. The van der Waals surface area contributed by atoms with E-state index in [9.17, 15) is 19.2 Å². The van der Waals surface area contributed by atoms with Crippen LogP contribution in [0.3, 0.4) is 0 Å². The topological polar surface area (TPSA) is 102 Å². The Morgan fingerprint density at radius 2 is 1.57 bits per heavy atom. The van der Waals surface area contributed by atoms with Gasteiger partial charge < -0.3 is 15.4 Å². The third kappa shape index (κ3) is 6.62. The quantitative estimate of drug-likeness (QED) is 0.519. The molecule has 148 valence electrons. The molecule has 0 saturated heterocycles. The normalized spacial score (nSPS) is 11.4. The second kappa shape index (κ2) is 9.80. The number of carbonyl (C=O) groups is 4. The van der Waals surface area contributed by atoms with E-state index in [4.69, 9.17) is 4.74 Å². The van der Waals surface area contributed by atoms with Crippen LogP contribution in [0.15, 0.2) is 36.4 Å². The van der Waals surface area contributed by atoms with Gasteiger partial charge in [-0.15, -0.1) is 11.3 Å². The number of Topliss-reactive ketones (excluding diaryl/α,β-unsaturated/α-hetero) is 1. The van der Waals surface area contributed by atoms with Gasteiger partial charge in [0.2, 0.25) is 5.91 Å². The summed E-state index contributed by atoms with van der Waals surface area (Å²) < 4.78 is 5.10. The fourth-order valence-electron chi connectivity index (χ4n) is 2.32. The monoisotopic (exact) mass is 402 g/mol. The summed E-state index contributed by atoms with van der Waals surface area (Å²) in [5.41, 5.74) is 1.11. The predicted octanol–water partition coefficient (Wildman–Crippen LogP) is 3.55. The number of benzene rings is 1. The second-order valence-electron chi connectivity index (χ2n) is 6.21. The number of thiophene rings is 1. The number of esters is 1. The molecule has 1 aromatic heterocycles. The summed E-state index contributed by atoms with van der Waals surface area (Å²) in [6.45, 7) is 4.77. The predicted molar refractivity (Wildman–Crippen MR) is 108 cm³/mol. The molecule has 0 aliphatic carbocycles. The fraction of sp³-hybridized carbons (Fsp3) is 0.300. The molecule has 0 saturated carbocycles. The summed E-state index contributed by atoms with van der Waals surface area (Å²) in [6.07, 6.45) is -1.04. The van der Waals surface area contributed by atoms with Crippen molar-refractivity contribution in [1.29, 1.82) is 0 Å². The lowest BCUT2D eigenvalue weighted by molar-refractivity contribution is -0.153. The second-order valence-corrected chi connectivity index (χ2v) is 7.50. The minimum atomic E-state index is -0.999. The Kier molecular flexibility index (Phi) is 7.45. The molecule has 0 unspecified atom stereocenters. The van der Waals surface area contributed by atoms with E-state index in [1.807, 2.05) is 13.0 Å². The van der Waals surface area contributed by atoms with Gasteiger partial charge in [0, 0.05) is 29.6 Å². The molecule has 2 rings (SSSR count). The minimum absolute atomic E-state index is 0.0394. The maximum atomic E-state index is 12.1. The Balaban J connectivity index is 1.78. The van der Waals surface area contributed by atoms with Crippen molar-refractivity contribution in [2.24, 2.45) is 0 Å². The zero-order valence-electron chi connectivity index (χ0n) is 15.9. The van der Waals surface area contributed by atoms with Crippen molar-refractivity contribution in [2.45, 2.75) is 39.7 Å². The molecule has 2 amide bonds. The zero-order chi connectivity index (χ0) is 20.7. The van der Waals surface area contributed by atoms with Crippen LogP contribution in [0.2, 0.25) is 0 Å². The Morgan fingerprint density at radius 1 is 0.964 bits per heavy atom. The van der Waals surface area contributed by atoms with E-state index in [0.717, 1.165) is 4.88 Å². The summed E-state index contributed by atoms with van der Waals surface area (Å²) in [4.78, 5) is 48.7. The third-order valence-corrected chi connectivity index (χ3v) is 4.76. The standard InChI is InChI=1S/C20H22N2O5S/c1-12-4-10-18(28-12)17(24)9-11-19(25)27-13(2)20(26)22-16-7-5-15(6-8-16)21-14(3)23/h4-8,10,13H,9,11H2,1-3H3,(H,21,23)(H,22,26)/t13-/m1/s1. The van der Waals surface area contributed by atoms with Gasteiger partial charge in [0.05, 0.1) is 11.3 Å². The number of hydrogen-bond donors (Lipinski definition) is 2. The Bertz CT molecular complexity index is 873. The number of ether oxygens (including phenoxy) is 1. The molecule has 0 radical (unpaired) electrons. The first kappa shape index (κ1) is 21.3. The average molecular weight is 402 g/mol. The van der Waals surface area contributed by atoms with E-state index in [-0.39, 0.29) is 24.5 Å². The highest BCUT2D eigenvalue weighted by Crippen LogP contribution is 2.18. The number of amides is 2. The smallest absolute Gasteiger partial charge is 0.307 e. The van der Waals surface area contributed by atoms with Gasteiger partial charge in [0.1, 0.15) is 0 Å². The first-order chi connectivity index (χ1) is 13.2. The van der Waals surface area contributed by atoms with Gasteiger partial charge in [-0.1, -0.05) is 0 Å². The number of carbonyl (C=O) groups excluding carboxylic acids is 4. The first-order valence-electron chi connectivity index (χ1n) is 8.72. The summed E-state index contributed by atoms with van der Waals surface area (Å²) in [5.74, 6) is -1.40. The minimum Gasteiger partial charge on any atom is -0.453 e. The van der Waals surface area contributed by atoms with Crippen molar-refractivity contribution >= 4 is 46.3 Å². The molecule has 1 heterocycles. The summed E-state index contributed by atoms with van der Waals surface area (Å²) in [6, 6.07) is 10.1. The van der Waals surface area contributed by atoms with Crippen LogP contribution in [-0.4, -0.2) is 29.7 Å². The van der Waals surface area contributed by atoms with E-state index < -0.39 is 18.0 Å². The molecular formula is C20H22N2O5S. The molecule has 2 N–H and O–H groups in total. The summed E-state index contributed by atoms with van der Waals surface area (Å²) in [7, 11) is 0. The number of anilines is 2. The highest BCUT2D eigenvalue weighted by molar-refractivity contribution is 7.14. The number of rotatable bonds is 8. The van der Waals surface area contributed by atoms with E-state index in [1.54, 1.807) is 30.3 Å². The van der Waals surface area contributed by atoms with E-state index in [1.165, 1.54) is 25.2 Å². The lowest BCUT2D eigenvalue weighted by Crippen LogP contribution is -2.30. The highest BCUT2D eigenvalue weighted by Gasteiger charge is 2.19. The molecule has 1 aromatic carbocycles. The van der Waals surface area contributed by atoms with Crippen LogP contribution in [-0.2, 0) is 19.1 Å². The molecule has 0 aliphatic heterocycles. The average Bonchev–Trinajstić information content (AvgIpc) is 3.07. The molecule has 7 nitrogen and oxygen atoms in total. The maximum Gasteiger partial charge on any atom is 0.307 e. The van der Waals surface area contributed by atoms with Gasteiger partial charge in [-0.05, 0) is 50.2 Å². The molecule has 0 spiro atoms. The van der Waals surface area contributed by atoms with Crippen LogP contribution in [0, 0.1) is 6.92 Å². The van der Waals surface area contributed by atoms with Crippen molar-refractivity contribution in [3.05, 3.63) is 46.2 Å². The highest BCUT2D eigenvalue weighted by atomic mass is 32.1. The number of nitrogens with one attached hydrogen (secondary N) is 2. The molecule has 0 bridgehead atoms. The fourth-order valence-corrected chi connectivity index (χ4v) is 3.15. The van der Waals surface area contributed by atoms with Crippen molar-refractivity contribution in [1.82, 2.24) is 0 Å². The van der Waals surface area contributed by atoms with Crippen LogP contribution in [0.1, 0.15) is 41.2 Å². The van der Waals surface area contributed by atoms with E-state index in [2.05, 4.69) is 10.6 Å². The Hall–Kier alpha value is -3.00. The SMILES string of the molecule is CC(=O)Nc1ccc(NC(=O)[C@@H](C)OC(=O)CCC(=O)c2ccc(C)s2)cc1. The van der Waals surface area contributed by atoms with Gasteiger partial charge >= 0.3 is 5.97 Å². The van der Waals surface area contributed by atoms with Gasteiger partial charge in [0.15, 0.2) is 11.9 Å². The van der Waals surface area contributed by atoms with Crippen molar-refractivity contribution in [2.75, 3.05) is 10.6 Å². The van der Waals surface area contributed by atoms with Crippen molar-refractivity contribution in [3.8, 4) is 0 Å². The summed E-state index contributed by atoms with van der Waals surface area (Å²) in [5, 5.41) is 5.25. The van der Waals surface area contributed by atoms with Crippen molar-refractivity contribution < 1.29 is 23.9 Å². The van der Waals surface area contributed by atoms with Crippen LogP contribution in [0.5, 0.6) is 0 Å². The van der Waals surface area contributed by atoms with Crippen LogP contribution in [0.25, 0.3) is 0 Å². The largest absolute Gasteiger partial charge is 0.453 e. The van der Waals surface area contributed by atoms with Crippen LogP contribution < -0.4 is 10.6 Å². The van der Waals surface area contributed by atoms with Gasteiger partial charge in [-0.25, -0.2) is 0 Å². The third-order valence-electron chi connectivity index (χ3n) is 3.72. The molecule has 2 aromatic rings.